The lowest BCUT2D eigenvalue weighted by Crippen LogP contribution is -2.53. The van der Waals surface area contributed by atoms with E-state index in [0.717, 1.165) is 10.5 Å². The molecule has 192 valence electrons. The molecule has 2 fully saturated rings. The van der Waals surface area contributed by atoms with Crippen molar-refractivity contribution >= 4 is 52.6 Å². The molecule has 2 aliphatic heterocycles. The molecule has 0 unspecified atom stereocenters. The Bertz CT molecular complexity index is 1470. The fourth-order valence-electron chi connectivity index (χ4n) is 5.07. The summed E-state index contributed by atoms with van der Waals surface area (Å²) in [4.78, 5) is 52.5. The van der Waals surface area contributed by atoms with E-state index in [-0.39, 0.29) is 28.0 Å². The molecule has 5 rings (SSSR count). The number of esters is 1. The van der Waals surface area contributed by atoms with Crippen LogP contribution >= 0.6 is 23.2 Å². The Morgan fingerprint density at radius 1 is 1.11 bits per heavy atom. The molecule has 2 aromatic carbocycles. The van der Waals surface area contributed by atoms with Gasteiger partial charge in [-0.25, -0.2) is 24.5 Å². The lowest BCUT2D eigenvalue weighted by molar-refractivity contribution is -0.124. The molecule has 3 heterocycles. The maximum Gasteiger partial charge on any atom is 0.358 e. The Morgan fingerprint density at radius 3 is 2.37 bits per heavy atom. The molecule has 2 atom stereocenters. The minimum Gasteiger partial charge on any atom is -0.464 e. The molecule has 0 N–H and O–H groups in total. The third-order valence-corrected chi connectivity index (χ3v) is 7.40. The topological polar surface area (TPSA) is 120 Å². The summed E-state index contributed by atoms with van der Waals surface area (Å²) in [7, 11) is 2.83. The maximum atomic E-state index is 14.2. The zero-order chi connectivity index (χ0) is 27.2. The van der Waals surface area contributed by atoms with Crippen LogP contribution in [0.25, 0.3) is 0 Å². The van der Waals surface area contributed by atoms with Gasteiger partial charge in [0.1, 0.15) is 11.4 Å². The Kier molecular flexibility index (Phi) is 6.42. The summed E-state index contributed by atoms with van der Waals surface area (Å²) in [5, 5.41) is 9.82. The molecule has 0 bridgehead atoms. The summed E-state index contributed by atoms with van der Waals surface area (Å²) >= 11 is 12.4. The largest absolute Gasteiger partial charge is 0.464 e. The van der Waals surface area contributed by atoms with Gasteiger partial charge < -0.3 is 14.5 Å². The number of rotatable bonds is 4. The number of nitriles is 1. The summed E-state index contributed by atoms with van der Waals surface area (Å²) in [6.45, 7) is 0.418. The van der Waals surface area contributed by atoms with Crippen LogP contribution in [0.4, 0.5) is 16.3 Å². The predicted molar refractivity (Wildman–Crippen MR) is 139 cm³/mol. The minimum atomic E-state index is -1.32. The van der Waals surface area contributed by atoms with Crippen molar-refractivity contribution in [2.45, 2.75) is 11.5 Å². The summed E-state index contributed by atoms with van der Waals surface area (Å²) < 4.78 is 4.69. The molecule has 3 aromatic rings. The number of aromatic nitrogens is 2. The van der Waals surface area contributed by atoms with E-state index in [0.29, 0.717) is 17.9 Å². The second-order valence-electron chi connectivity index (χ2n) is 8.95. The van der Waals surface area contributed by atoms with Crippen molar-refractivity contribution in [3.05, 3.63) is 81.7 Å². The van der Waals surface area contributed by atoms with Crippen LogP contribution in [0.3, 0.4) is 0 Å². The van der Waals surface area contributed by atoms with Crippen LogP contribution < -0.4 is 9.80 Å². The Labute approximate surface area is 227 Å². The van der Waals surface area contributed by atoms with Gasteiger partial charge in [-0.1, -0.05) is 35.3 Å². The molecule has 1 aromatic heterocycles. The van der Waals surface area contributed by atoms with Gasteiger partial charge in [0, 0.05) is 29.6 Å². The van der Waals surface area contributed by atoms with Crippen LogP contribution in [0.2, 0.25) is 10.0 Å². The van der Waals surface area contributed by atoms with Gasteiger partial charge in [0.15, 0.2) is 5.69 Å². The predicted octanol–water partition coefficient (Wildman–Crippen LogP) is 3.88. The monoisotopic (exact) mass is 550 g/mol. The maximum absolute atomic E-state index is 14.2. The minimum absolute atomic E-state index is 0.0436. The smallest absolute Gasteiger partial charge is 0.358 e. The van der Waals surface area contributed by atoms with Crippen molar-refractivity contribution in [2.24, 2.45) is 0 Å². The highest BCUT2D eigenvalue weighted by molar-refractivity contribution is 6.35. The molecule has 0 saturated carbocycles. The third-order valence-electron chi connectivity index (χ3n) is 6.97. The van der Waals surface area contributed by atoms with E-state index in [9.17, 15) is 19.6 Å². The van der Waals surface area contributed by atoms with E-state index in [1.807, 2.05) is 4.90 Å². The van der Waals surface area contributed by atoms with Crippen molar-refractivity contribution in [1.82, 2.24) is 14.9 Å². The number of hydrogen-bond acceptors (Lipinski definition) is 8. The summed E-state index contributed by atoms with van der Waals surface area (Å²) in [5.41, 5.74) is 0.231. The Hall–Kier alpha value is -4.20. The van der Waals surface area contributed by atoms with Crippen molar-refractivity contribution in [3.63, 3.8) is 0 Å². The average molecular weight is 551 g/mol. The average Bonchev–Trinajstić information content (AvgIpc) is 3.41. The van der Waals surface area contributed by atoms with Crippen LogP contribution in [-0.4, -0.2) is 65.6 Å². The number of benzene rings is 2. The van der Waals surface area contributed by atoms with E-state index < -0.39 is 29.4 Å². The second kappa shape index (κ2) is 9.59. The molecule has 12 heteroatoms. The number of ether oxygens (including phenoxy) is 1. The second-order valence-corrected chi connectivity index (χ2v) is 9.83. The van der Waals surface area contributed by atoms with Gasteiger partial charge in [0.2, 0.25) is 0 Å². The number of likely N-dealkylation sites (N-methyl/N-ethyl adjacent to an activating group) is 1. The Balaban J connectivity index is 1.60. The highest BCUT2D eigenvalue weighted by Crippen LogP contribution is 2.47. The van der Waals surface area contributed by atoms with Gasteiger partial charge in [-0.2, -0.15) is 5.26 Å². The number of carbonyl (C=O) groups excluding carboxylic acids is 3. The van der Waals surface area contributed by atoms with Crippen LogP contribution in [0.5, 0.6) is 0 Å². The van der Waals surface area contributed by atoms with Crippen LogP contribution in [-0.2, 0) is 9.53 Å². The molecule has 10 nitrogen and oxygen atoms in total. The third kappa shape index (κ3) is 4.00. The SMILES string of the molecule is COC(=O)c1cnc(N2C[C@@H](c3ccc(C#N)cc3)[C@]3(C2)C(=O)N(c2cc(Cl)cc(Cl)c2)C(=O)N3C)cn1. The van der Waals surface area contributed by atoms with Crippen molar-refractivity contribution in [3.8, 4) is 6.07 Å². The highest BCUT2D eigenvalue weighted by Gasteiger charge is 2.64. The van der Waals surface area contributed by atoms with E-state index >= 15 is 0 Å². The number of hydrogen-bond donors (Lipinski definition) is 0. The number of amides is 3. The quantitative estimate of drug-likeness (QED) is 0.354. The summed E-state index contributed by atoms with van der Waals surface area (Å²) in [6, 6.07) is 13.0. The van der Waals surface area contributed by atoms with Gasteiger partial charge in [0.25, 0.3) is 5.91 Å². The molecule has 0 radical (unpaired) electrons. The number of anilines is 2. The first kappa shape index (κ1) is 25.4. The number of halogens is 2. The van der Waals surface area contributed by atoms with Gasteiger partial charge in [-0.3, -0.25) is 4.79 Å². The fourth-order valence-corrected chi connectivity index (χ4v) is 5.59. The normalized spacial score (nSPS) is 20.8. The summed E-state index contributed by atoms with van der Waals surface area (Å²) in [6.07, 6.45) is 2.73. The lowest BCUT2D eigenvalue weighted by atomic mass is 9.80. The molecule has 3 amide bonds. The van der Waals surface area contributed by atoms with Crippen LogP contribution in [0, 0.1) is 11.3 Å². The molecule has 1 spiro atoms. The highest BCUT2D eigenvalue weighted by atomic mass is 35.5. The molecule has 2 aliphatic rings. The number of carbonyl (C=O) groups is 3. The molecule has 38 heavy (non-hydrogen) atoms. The number of imide groups is 1. The zero-order valence-corrected chi connectivity index (χ0v) is 21.8. The van der Waals surface area contributed by atoms with Crippen molar-refractivity contribution < 1.29 is 19.1 Å². The molecule has 2 saturated heterocycles. The fraction of sp³-hybridized carbons (Fsp3) is 0.231. The molecular weight excluding hydrogens is 531 g/mol. The molecular formula is C26H20Cl2N6O4. The van der Waals surface area contributed by atoms with Crippen LogP contribution in [0.15, 0.2) is 54.9 Å². The first-order chi connectivity index (χ1) is 18.2. The van der Waals surface area contributed by atoms with E-state index in [4.69, 9.17) is 27.9 Å². The standard InChI is InChI=1S/C26H20Cl2N6O4/c1-32-25(37)34(19-8-17(27)7-18(28)9-19)24(36)26(32)14-33(22-12-30-21(11-31-22)23(35)38-2)13-20(26)16-5-3-15(10-29)4-6-16/h3-9,11-12,20H,13-14H2,1-2H3/t20-,26+/m0/s1. The van der Waals surface area contributed by atoms with E-state index in [1.54, 1.807) is 31.3 Å². The number of nitrogens with zero attached hydrogens (tertiary/aromatic N) is 6. The van der Waals surface area contributed by atoms with Crippen molar-refractivity contribution in [1.29, 1.82) is 5.26 Å². The van der Waals surface area contributed by atoms with Gasteiger partial charge >= 0.3 is 12.0 Å². The van der Waals surface area contributed by atoms with Gasteiger partial charge in [0.05, 0.1) is 43.4 Å². The lowest BCUT2D eigenvalue weighted by Gasteiger charge is -2.33. The van der Waals surface area contributed by atoms with Crippen molar-refractivity contribution in [2.75, 3.05) is 37.0 Å². The molecule has 0 aliphatic carbocycles. The number of methoxy groups -OCH3 is 1. The number of urea groups is 1. The Morgan fingerprint density at radius 2 is 1.79 bits per heavy atom. The van der Waals surface area contributed by atoms with E-state index in [2.05, 4.69) is 16.0 Å². The van der Waals surface area contributed by atoms with Crippen LogP contribution in [0.1, 0.15) is 27.5 Å². The zero-order valence-electron chi connectivity index (χ0n) is 20.3. The first-order valence-corrected chi connectivity index (χ1v) is 12.2. The summed E-state index contributed by atoms with van der Waals surface area (Å²) in [5.74, 6) is -1.13. The van der Waals surface area contributed by atoms with Gasteiger partial charge in [-0.15, -0.1) is 0 Å². The first-order valence-electron chi connectivity index (χ1n) is 11.4. The van der Waals surface area contributed by atoms with E-state index in [1.165, 1.54) is 42.6 Å². The van der Waals surface area contributed by atoms with Gasteiger partial charge in [-0.05, 0) is 35.9 Å².